The number of rotatable bonds is 5. The Hall–Kier alpha value is -0.640. The van der Waals surface area contributed by atoms with Gasteiger partial charge in [0.05, 0.1) is 5.29 Å². The molecule has 0 rings (SSSR count). The van der Waals surface area contributed by atoms with E-state index in [0.29, 0.717) is 19.5 Å². The monoisotopic (exact) mass is 132 g/mol. The van der Waals surface area contributed by atoms with Crippen LogP contribution < -0.4 is 0 Å². The highest BCUT2D eigenvalue weighted by Gasteiger charge is 1.95. The summed E-state index contributed by atoms with van der Waals surface area (Å²) in [6, 6.07) is 0. The largest absolute Gasteiger partial charge is 0.396 e. The Kier molecular flexibility index (Phi) is 5.11. The molecule has 54 valence electrons. The number of hydrogen-bond donors (Lipinski definition) is 1. The van der Waals surface area contributed by atoms with Crippen molar-refractivity contribution in [3.05, 3.63) is 4.91 Å². The molecule has 0 radical (unpaired) electrons. The molecule has 4 nitrogen and oxygen atoms in total. The van der Waals surface area contributed by atoms with E-state index < -0.39 is 0 Å². The molecule has 0 aromatic carbocycles. The summed E-state index contributed by atoms with van der Waals surface area (Å²) >= 11 is 0. The molecule has 0 spiro atoms. The van der Waals surface area contributed by atoms with Crippen molar-refractivity contribution < 1.29 is 5.11 Å². The highest BCUT2D eigenvalue weighted by molar-refractivity contribution is 4.45. The van der Waals surface area contributed by atoms with Gasteiger partial charge in [-0.1, -0.05) is 0 Å². The van der Waals surface area contributed by atoms with E-state index in [1.54, 1.807) is 0 Å². The van der Waals surface area contributed by atoms with Gasteiger partial charge < -0.3 is 5.11 Å². The van der Waals surface area contributed by atoms with E-state index in [0.717, 1.165) is 0 Å². The van der Waals surface area contributed by atoms with E-state index in [4.69, 9.17) is 5.11 Å². The van der Waals surface area contributed by atoms with Crippen molar-refractivity contribution in [2.24, 2.45) is 5.29 Å². The van der Waals surface area contributed by atoms with E-state index in [1.807, 2.05) is 6.92 Å². The average molecular weight is 132 g/mol. The van der Waals surface area contributed by atoms with Crippen molar-refractivity contribution in [1.82, 2.24) is 5.01 Å². The van der Waals surface area contributed by atoms with Crippen molar-refractivity contribution in [3.8, 4) is 0 Å². The van der Waals surface area contributed by atoms with Crippen LogP contribution >= 0.6 is 0 Å². The Morgan fingerprint density at radius 1 is 1.67 bits per heavy atom. The first-order valence-corrected chi connectivity index (χ1v) is 3.04. The molecule has 0 fully saturated rings. The van der Waals surface area contributed by atoms with E-state index in [-0.39, 0.29) is 6.61 Å². The lowest BCUT2D eigenvalue weighted by Gasteiger charge is -2.09. The van der Waals surface area contributed by atoms with Gasteiger partial charge in [0.1, 0.15) is 0 Å². The van der Waals surface area contributed by atoms with Crippen molar-refractivity contribution in [3.63, 3.8) is 0 Å². The predicted octanol–water partition coefficient (Wildman–Crippen LogP) is 0.372. The van der Waals surface area contributed by atoms with Crippen molar-refractivity contribution in [2.45, 2.75) is 13.3 Å². The molecule has 0 aromatic heterocycles. The second-order valence-corrected chi connectivity index (χ2v) is 1.71. The van der Waals surface area contributed by atoms with Crippen LogP contribution in [-0.4, -0.2) is 29.8 Å². The van der Waals surface area contributed by atoms with Gasteiger partial charge in [-0.05, 0) is 13.3 Å². The van der Waals surface area contributed by atoms with Gasteiger partial charge >= 0.3 is 0 Å². The minimum absolute atomic E-state index is 0.117. The molecule has 0 heterocycles. The molecule has 4 heteroatoms. The van der Waals surface area contributed by atoms with Gasteiger partial charge in [0, 0.05) is 19.7 Å². The highest BCUT2D eigenvalue weighted by Crippen LogP contribution is 1.89. The second kappa shape index (κ2) is 5.50. The number of aliphatic hydroxyl groups is 1. The van der Waals surface area contributed by atoms with Crippen LogP contribution in [-0.2, 0) is 0 Å². The van der Waals surface area contributed by atoms with E-state index >= 15 is 0 Å². The fraction of sp³-hybridized carbons (Fsp3) is 1.00. The summed E-state index contributed by atoms with van der Waals surface area (Å²) in [7, 11) is 0. The van der Waals surface area contributed by atoms with Crippen LogP contribution in [0.15, 0.2) is 5.29 Å². The summed E-state index contributed by atoms with van der Waals surface area (Å²) in [5, 5.41) is 12.4. The zero-order valence-corrected chi connectivity index (χ0v) is 5.58. The van der Waals surface area contributed by atoms with Gasteiger partial charge in [0.25, 0.3) is 0 Å². The number of nitroso groups, excluding NO2 is 1. The fourth-order valence-electron chi connectivity index (χ4n) is 0.510. The third kappa shape index (κ3) is 3.90. The summed E-state index contributed by atoms with van der Waals surface area (Å²) in [5.41, 5.74) is 0. The number of hydrogen-bond acceptors (Lipinski definition) is 3. The summed E-state index contributed by atoms with van der Waals surface area (Å²) in [4.78, 5) is 9.84. The minimum atomic E-state index is 0.117. The first-order valence-electron chi connectivity index (χ1n) is 3.04. The van der Waals surface area contributed by atoms with Gasteiger partial charge in [-0.15, -0.1) is 4.91 Å². The van der Waals surface area contributed by atoms with Crippen LogP contribution in [0.4, 0.5) is 0 Å². The predicted molar refractivity (Wildman–Crippen MR) is 34.7 cm³/mol. The first-order chi connectivity index (χ1) is 4.35. The van der Waals surface area contributed by atoms with Crippen LogP contribution in [0.1, 0.15) is 13.3 Å². The number of nitrogens with zero attached hydrogens (tertiary/aromatic N) is 2. The van der Waals surface area contributed by atoms with Gasteiger partial charge in [-0.3, -0.25) is 5.01 Å². The normalized spacial score (nSPS) is 9.11. The second-order valence-electron chi connectivity index (χ2n) is 1.71. The van der Waals surface area contributed by atoms with Crippen molar-refractivity contribution in [2.75, 3.05) is 19.7 Å². The molecular weight excluding hydrogens is 120 g/mol. The van der Waals surface area contributed by atoms with Crippen molar-refractivity contribution >= 4 is 0 Å². The van der Waals surface area contributed by atoms with E-state index in [9.17, 15) is 4.91 Å². The number of aliphatic hydroxyl groups excluding tert-OH is 1. The summed E-state index contributed by atoms with van der Waals surface area (Å²) in [6.07, 6.45) is 0.611. The Labute approximate surface area is 54.4 Å². The van der Waals surface area contributed by atoms with Gasteiger partial charge in [0.2, 0.25) is 0 Å². The molecular formula is C5H12N2O2. The quantitative estimate of drug-likeness (QED) is 0.434. The van der Waals surface area contributed by atoms with Crippen molar-refractivity contribution in [1.29, 1.82) is 0 Å². The Morgan fingerprint density at radius 2 is 2.33 bits per heavy atom. The Morgan fingerprint density at radius 3 is 2.67 bits per heavy atom. The lowest BCUT2D eigenvalue weighted by atomic mass is 10.4. The Bertz CT molecular complexity index is 77.4. The molecule has 0 unspecified atom stereocenters. The van der Waals surface area contributed by atoms with Crippen LogP contribution in [0.2, 0.25) is 0 Å². The third-order valence-corrected chi connectivity index (χ3v) is 1.05. The molecule has 1 N–H and O–H groups in total. The molecule has 0 aromatic rings. The molecule has 0 bridgehead atoms. The molecule has 0 amide bonds. The zero-order valence-electron chi connectivity index (χ0n) is 5.58. The molecule has 0 aliphatic carbocycles. The van der Waals surface area contributed by atoms with Gasteiger partial charge in [-0.25, -0.2) is 0 Å². The maximum atomic E-state index is 9.84. The van der Waals surface area contributed by atoms with Crippen LogP contribution in [0, 0.1) is 4.91 Å². The first kappa shape index (κ1) is 8.36. The Balaban J connectivity index is 3.20. The molecule has 0 aliphatic heterocycles. The average Bonchev–Trinajstić information content (AvgIpc) is 1.91. The molecule has 0 atom stereocenters. The van der Waals surface area contributed by atoms with E-state index in [2.05, 4.69) is 5.29 Å². The summed E-state index contributed by atoms with van der Waals surface area (Å²) < 4.78 is 0. The highest BCUT2D eigenvalue weighted by atomic mass is 16.3. The minimum Gasteiger partial charge on any atom is -0.396 e. The van der Waals surface area contributed by atoms with Gasteiger partial charge in [-0.2, -0.15) is 0 Å². The fourth-order valence-corrected chi connectivity index (χ4v) is 0.510. The third-order valence-electron chi connectivity index (χ3n) is 1.05. The molecule has 9 heavy (non-hydrogen) atoms. The SMILES string of the molecule is CCN(CCCO)N=O. The molecule has 0 saturated carbocycles. The maximum absolute atomic E-state index is 9.84. The summed E-state index contributed by atoms with van der Waals surface area (Å²) in [6.45, 7) is 3.13. The smallest absolute Gasteiger partial charge is 0.0523 e. The van der Waals surface area contributed by atoms with Gasteiger partial charge in [0.15, 0.2) is 0 Å². The lowest BCUT2D eigenvalue weighted by Crippen LogP contribution is -2.17. The van der Waals surface area contributed by atoms with E-state index in [1.165, 1.54) is 5.01 Å². The topological polar surface area (TPSA) is 52.9 Å². The maximum Gasteiger partial charge on any atom is 0.0523 e. The molecule has 0 aliphatic rings. The standard InChI is InChI=1S/C5H12N2O2/c1-2-7(6-9)4-3-5-8/h8H,2-5H2,1H3. The van der Waals surface area contributed by atoms with Crippen LogP contribution in [0.5, 0.6) is 0 Å². The zero-order chi connectivity index (χ0) is 7.11. The lowest BCUT2D eigenvalue weighted by molar-refractivity contribution is 0.234. The summed E-state index contributed by atoms with van der Waals surface area (Å²) in [5.74, 6) is 0. The molecule has 0 saturated heterocycles. The van der Waals surface area contributed by atoms with Crippen LogP contribution in [0.3, 0.4) is 0 Å². The van der Waals surface area contributed by atoms with Crippen LogP contribution in [0.25, 0.3) is 0 Å².